The van der Waals surface area contributed by atoms with Gasteiger partial charge in [-0.25, -0.2) is 4.39 Å². The number of aliphatic hydroxyl groups excluding tert-OH is 1. The third-order valence-corrected chi connectivity index (χ3v) is 5.81. The molecule has 3 atom stereocenters. The second-order valence-electron chi connectivity index (χ2n) is 8.33. The van der Waals surface area contributed by atoms with Crippen molar-refractivity contribution in [3.8, 4) is 11.5 Å². The van der Waals surface area contributed by atoms with Crippen molar-refractivity contribution in [2.45, 2.75) is 70.2 Å². The van der Waals surface area contributed by atoms with Crippen molar-refractivity contribution in [3.63, 3.8) is 0 Å². The molecule has 2 aliphatic rings. The van der Waals surface area contributed by atoms with E-state index in [0.717, 1.165) is 19.3 Å². The maximum atomic E-state index is 13.6. The van der Waals surface area contributed by atoms with Gasteiger partial charge in [0.1, 0.15) is 25.5 Å². The topological polar surface area (TPSA) is 71.0 Å². The van der Waals surface area contributed by atoms with Gasteiger partial charge in [0.15, 0.2) is 11.5 Å². The minimum atomic E-state index is -0.913. The van der Waals surface area contributed by atoms with E-state index < -0.39 is 18.3 Å². The molecule has 0 unspecified atom stereocenters. The van der Waals surface area contributed by atoms with Crippen molar-refractivity contribution in [1.29, 1.82) is 0 Å². The van der Waals surface area contributed by atoms with Crippen molar-refractivity contribution in [2.24, 2.45) is 0 Å². The van der Waals surface area contributed by atoms with Gasteiger partial charge in [-0.1, -0.05) is 38.7 Å². The van der Waals surface area contributed by atoms with E-state index in [1.807, 2.05) is 4.90 Å². The molecule has 1 aromatic carbocycles. The molecule has 2 N–H and O–H groups in total. The summed E-state index contributed by atoms with van der Waals surface area (Å²) in [6, 6.07) is 4.84. The monoisotopic (exact) mass is 422 g/mol. The Hall–Kier alpha value is -1.86. The molecule has 7 heteroatoms. The number of benzene rings is 1. The fourth-order valence-electron chi connectivity index (χ4n) is 4.10. The van der Waals surface area contributed by atoms with Gasteiger partial charge in [0.05, 0.1) is 6.04 Å². The number of rotatable bonds is 11. The second-order valence-corrected chi connectivity index (χ2v) is 8.33. The summed E-state index contributed by atoms with van der Waals surface area (Å²) in [6.07, 6.45) is 4.56. The fourth-order valence-corrected chi connectivity index (χ4v) is 4.10. The molecule has 30 heavy (non-hydrogen) atoms. The molecular formula is C23H35FN2O4. The molecule has 0 bridgehead atoms. The number of amides is 1. The molecule has 1 amide bonds. The third-order valence-electron chi connectivity index (χ3n) is 5.81. The van der Waals surface area contributed by atoms with Gasteiger partial charge < -0.3 is 19.9 Å². The highest BCUT2D eigenvalue weighted by Gasteiger charge is 2.30. The summed E-state index contributed by atoms with van der Waals surface area (Å²) in [5, 5.41) is 14.1. The van der Waals surface area contributed by atoms with Crippen LogP contribution in [-0.4, -0.2) is 61.0 Å². The quantitative estimate of drug-likeness (QED) is 0.535. The van der Waals surface area contributed by atoms with Gasteiger partial charge in [-0.05, 0) is 30.5 Å². The highest BCUT2D eigenvalue weighted by atomic mass is 19.1. The molecule has 3 rings (SSSR count). The van der Waals surface area contributed by atoms with Crippen molar-refractivity contribution < 1.29 is 23.8 Å². The molecule has 0 aliphatic carbocycles. The molecule has 0 spiro atoms. The van der Waals surface area contributed by atoms with E-state index in [4.69, 9.17) is 9.47 Å². The number of fused-ring (bicyclic) bond motifs is 1. The minimum Gasteiger partial charge on any atom is -0.486 e. The lowest BCUT2D eigenvalue weighted by Crippen LogP contribution is -2.46. The Bertz CT molecular complexity index is 687. The first-order chi connectivity index (χ1) is 14.6. The van der Waals surface area contributed by atoms with Crippen LogP contribution < -0.4 is 14.8 Å². The molecule has 0 saturated carbocycles. The Morgan fingerprint density at radius 1 is 1.23 bits per heavy atom. The first kappa shape index (κ1) is 22.8. The Balaban J connectivity index is 1.63. The van der Waals surface area contributed by atoms with Gasteiger partial charge in [0, 0.05) is 26.1 Å². The van der Waals surface area contributed by atoms with Crippen LogP contribution in [0.25, 0.3) is 0 Å². The number of hydrogen-bond donors (Lipinski definition) is 2. The standard InChI is InChI=1S/C23H35FN2O4/c1-2-3-4-5-6-7-22(27)25-19(16-26-11-10-18(24)15-26)23(28)17-8-9-20-21(14-17)30-13-12-29-20/h8-9,14,18-19,23,28H,2-7,10-13,15-16H2,1H3,(H,25,27)/t18-,19-,23-/m1/s1. The lowest BCUT2D eigenvalue weighted by Gasteiger charge is -2.29. The van der Waals surface area contributed by atoms with Crippen molar-refractivity contribution in [1.82, 2.24) is 10.2 Å². The summed E-state index contributed by atoms with van der Waals surface area (Å²) in [5.74, 6) is 1.19. The first-order valence-corrected chi connectivity index (χ1v) is 11.3. The van der Waals surface area contributed by atoms with E-state index in [1.54, 1.807) is 18.2 Å². The zero-order chi connectivity index (χ0) is 21.3. The number of carbonyl (C=O) groups is 1. The average molecular weight is 423 g/mol. The number of nitrogens with zero attached hydrogens (tertiary/aromatic N) is 1. The summed E-state index contributed by atoms with van der Waals surface area (Å²) in [5.41, 5.74) is 0.656. The van der Waals surface area contributed by atoms with Crippen molar-refractivity contribution >= 4 is 5.91 Å². The number of ether oxygens (including phenoxy) is 2. The molecule has 6 nitrogen and oxygen atoms in total. The van der Waals surface area contributed by atoms with E-state index in [9.17, 15) is 14.3 Å². The molecule has 1 aromatic rings. The van der Waals surface area contributed by atoms with E-state index in [0.29, 0.717) is 62.8 Å². The first-order valence-electron chi connectivity index (χ1n) is 11.3. The largest absolute Gasteiger partial charge is 0.486 e. The number of nitrogens with one attached hydrogen (secondary N) is 1. The van der Waals surface area contributed by atoms with Gasteiger partial charge in [0.25, 0.3) is 0 Å². The van der Waals surface area contributed by atoms with E-state index in [-0.39, 0.29) is 5.91 Å². The number of alkyl halides is 1. The normalized spacial score (nSPS) is 20.7. The van der Waals surface area contributed by atoms with Gasteiger partial charge in [-0.15, -0.1) is 0 Å². The second kappa shape index (κ2) is 11.5. The van der Waals surface area contributed by atoms with Crippen LogP contribution >= 0.6 is 0 Å². The Morgan fingerprint density at radius 3 is 2.73 bits per heavy atom. The molecule has 2 aliphatic heterocycles. The van der Waals surface area contributed by atoms with E-state index in [2.05, 4.69) is 12.2 Å². The fraction of sp³-hybridized carbons (Fsp3) is 0.696. The summed E-state index contributed by atoms with van der Waals surface area (Å²) in [4.78, 5) is 14.5. The van der Waals surface area contributed by atoms with Crippen LogP contribution in [0.4, 0.5) is 4.39 Å². The molecule has 1 saturated heterocycles. The van der Waals surface area contributed by atoms with Crippen LogP contribution in [0.5, 0.6) is 11.5 Å². The van der Waals surface area contributed by atoms with Crippen LogP contribution in [0.2, 0.25) is 0 Å². The van der Waals surface area contributed by atoms with E-state index in [1.165, 1.54) is 12.8 Å². The van der Waals surface area contributed by atoms with Gasteiger partial charge in [0.2, 0.25) is 5.91 Å². The lowest BCUT2D eigenvalue weighted by atomic mass is 10.0. The zero-order valence-electron chi connectivity index (χ0n) is 17.9. The predicted molar refractivity (Wildman–Crippen MR) is 114 cm³/mol. The highest BCUT2D eigenvalue weighted by Crippen LogP contribution is 2.33. The zero-order valence-corrected chi connectivity index (χ0v) is 17.9. The van der Waals surface area contributed by atoms with Crippen LogP contribution in [-0.2, 0) is 4.79 Å². The maximum absolute atomic E-state index is 13.6. The van der Waals surface area contributed by atoms with Gasteiger partial charge in [-0.3, -0.25) is 9.69 Å². The Kier molecular flexibility index (Phi) is 8.75. The Labute approximate surface area is 178 Å². The van der Waals surface area contributed by atoms with Gasteiger partial charge >= 0.3 is 0 Å². The number of likely N-dealkylation sites (tertiary alicyclic amines) is 1. The van der Waals surface area contributed by atoms with Crippen LogP contribution in [0.1, 0.15) is 63.5 Å². The number of aliphatic hydroxyl groups is 1. The van der Waals surface area contributed by atoms with Crippen LogP contribution in [0, 0.1) is 0 Å². The molecule has 2 heterocycles. The minimum absolute atomic E-state index is 0.0657. The maximum Gasteiger partial charge on any atom is 0.220 e. The third kappa shape index (κ3) is 6.57. The average Bonchev–Trinajstić information content (AvgIpc) is 3.17. The Morgan fingerprint density at radius 2 is 2.00 bits per heavy atom. The van der Waals surface area contributed by atoms with Gasteiger partial charge in [-0.2, -0.15) is 0 Å². The highest BCUT2D eigenvalue weighted by molar-refractivity contribution is 5.76. The summed E-state index contributed by atoms with van der Waals surface area (Å²) in [6.45, 7) is 4.53. The molecule has 0 radical (unpaired) electrons. The number of halogens is 1. The molecule has 168 valence electrons. The van der Waals surface area contributed by atoms with Crippen molar-refractivity contribution in [2.75, 3.05) is 32.8 Å². The molecule has 1 fully saturated rings. The predicted octanol–water partition coefficient (Wildman–Crippen LogP) is 3.38. The van der Waals surface area contributed by atoms with E-state index >= 15 is 0 Å². The van der Waals surface area contributed by atoms with Crippen LogP contribution in [0.3, 0.4) is 0 Å². The summed E-state index contributed by atoms with van der Waals surface area (Å²) in [7, 11) is 0. The molecule has 0 aromatic heterocycles. The summed E-state index contributed by atoms with van der Waals surface area (Å²) < 4.78 is 24.8. The lowest BCUT2D eigenvalue weighted by molar-refractivity contribution is -0.123. The van der Waals surface area contributed by atoms with Crippen molar-refractivity contribution in [3.05, 3.63) is 23.8 Å². The number of hydrogen-bond acceptors (Lipinski definition) is 5. The molecular weight excluding hydrogens is 387 g/mol. The number of carbonyl (C=O) groups excluding carboxylic acids is 1. The number of unbranched alkanes of at least 4 members (excludes halogenated alkanes) is 4. The SMILES string of the molecule is CCCCCCCC(=O)N[C@H](CN1CC[C@@H](F)C1)[C@H](O)c1ccc2c(c1)OCCO2. The van der Waals surface area contributed by atoms with Crippen LogP contribution in [0.15, 0.2) is 18.2 Å². The summed E-state index contributed by atoms with van der Waals surface area (Å²) >= 11 is 0. The smallest absolute Gasteiger partial charge is 0.220 e.